The number of aliphatic imine (C=N–C) groups is 1. The number of rotatable bonds is 3. The van der Waals surface area contributed by atoms with Crippen LogP contribution >= 0.6 is 23.4 Å². The molecule has 0 saturated carbocycles. The van der Waals surface area contributed by atoms with E-state index in [2.05, 4.69) is 25.9 Å². The quantitative estimate of drug-likeness (QED) is 0.579. The maximum absolute atomic E-state index is 12.5. The minimum Gasteiger partial charge on any atom is -0.318 e. The number of aryl methyl sites for hydroxylation is 1. The minimum absolute atomic E-state index is 0.151. The van der Waals surface area contributed by atoms with Crippen LogP contribution in [0, 0.1) is 20.8 Å². The molecule has 0 spiro atoms. The van der Waals surface area contributed by atoms with E-state index in [9.17, 15) is 4.79 Å². The van der Waals surface area contributed by atoms with E-state index in [0.717, 1.165) is 33.9 Å². The molecule has 1 saturated heterocycles. The summed E-state index contributed by atoms with van der Waals surface area (Å²) >= 11 is 7.50. The molecule has 1 fully saturated rings. The number of thioether (sulfide) groups is 1. The Morgan fingerprint density at radius 1 is 1.17 bits per heavy atom. The first-order valence-corrected chi connectivity index (χ1v) is 10.3. The highest BCUT2D eigenvalue weighted by atomic mass is 35.5. The fourth-order valence-electron chi connectivity index (χ4n) is 3.27. The molecule has 0 atom stereocenters. The zero-order valence-corrected chi connectivity index (χ0v) is 17.8. The predicted octanol–water partition coefficient (Wildman–Crippen LogP) is 5.34. The molecule has 0 aliphatic carbocycles. The van der Waals surface area contributed by atoms with Crippen LogP contribution in [-0.4, -0.2) is 20.6 Å². The Kier molecular flexibility index (Phi) is 5.30. The monoisotopic (exact) mass is 422 g/mol. The van der Waals surface area contributed by atoms with Crippen LogP contribution in [0.15, 0.2) is 58.7 Å². The van der Waals surface area contributed by atoms with Gasteiger partial charge >= 0.3 is 0 Å². The fraction of sp³-hybridized carbons (Fsp3) is 0.136. The number of aromatic nitrogens is 2. The Balaban J connectivity index is 1.65. The van der Waals surface area contributed by atoms with Gasteiger partial charge in [0.15, 0.2) is 5.17 Å². The molecule has 0 radical (unpaired) electrons. The number of nitrogens with one attached hydrogen (secondary N) is 1. The average molecular weight is 423 g/mol. The van der Waals surface area contributed by atoms with Crippen LogP contribution in [0.1, 0.15) is 22.5 Å². The Hall–Kier alpha value is -2.83. The molecular weight excluding hydrogens is 404 g/mol. The van der Waals surface area contributed by atoms with Crippen molar-refractivity contribution in [3.8, 4) is 5.69 Å². The first-order chi connectivity index (χ1) is 13.9. The highest BCUT2D eigenvalue weighted by Gasteiger charge is 2.25. The summed E-state index contributed by atoms with van der Waals surface area (Å²) in [4.78, 5) is 21.7. The van der Waals surface area contributed by atoms with Gasteiger partial charge in [-0.05, 0) is 80.1 Å². The van der Waals surface area contributed by atoms with Gasteiger partial charge < -0.3 is 9.88 Å². The Morgan fingerprint density at radius 3 is 2.69 bits per heavy atom. The summed E-state index contributed by atoms with van der Waals surface area (Å²) in [6, 6.07) is 11.6. The molecule has 29 heavy (non-hydrogen) atoms. The summed E-state index contributed by atoms with van der Waals surface area (Å²) in [5, 5.41) is 4.04. The lowest BCUT2D eigenvalue weighted by Gasteiger charge is -2.08. The predicted molar refractivity (Wildman–Crippen MR) is 120 cm³/mol. The molecule has 1 aliphatic rings. The third-order valence-electron chi connectivity index (χ3n) is 4.79. The number of amidine groups is 1. The molecule has 5 nitrogen and oxygen atoms in total. The lowest BCUT2D eigenvalue weighted by Crippen LogP contribution is -2.19. The van der Waals surface area contributed by atoms with Crippen LogP contribution in [0.25, 0.3) is 11.8 Å². The van der Waals surface area contributed by atoms with Crippen LogP contribution in [-0.2, 0) is 4.79 Å². The number of nitrogens with zero attached hydrogens (tertiary/aromatic N) is 3. The number of hydrogen-bond donors (Lipinski definition) is 1. The summed E-state index contributed by atoms with van der Waals surface area (Å²) < 4.78 is 2.15. The number of benzene rings is 1. The third-order valence-corrected chi connectivity index (χ3v) is 6.11. The van der Waals surface area contributed by atoms with E-state index in [1.54, 1.807) is 12.4 Å². The Labute approximate surface area is 178 Å². The number of pyridine rings is 1. The van der Waals surface area contributed by atoms with Gasteiger partial charge in [0.1, 0.15) is 0 Å². The summed E-state index contributed by atoms with van der Waals surface area (Å²) in [6.45, 7) is 6.00. The summed E-state index contributed by atoms with van der Waals surface area (Å²) in [7, 11) is 0. The molecule has 1 amide bonds. The van der Waals surface area contributed by atoms with Gasteiger partial charge in [0.25, 0.3) is 5.91 Å². The van der Waals surface area contributed by atoms with Crippen LogP contribution in [0.5, 0.6) is 0 Å². The largest absolute Gasteiger partial charge is 0.318 e. The number of carbonyl (C=O) groups is 1. The Bertz CT molecular complexity index is 1170. The van der Waals surface area contributed by atoms with Gasteiger partial charge in [0, 0.05) is 34.5 Å². The van der Waals surface area contributed by atoms with E-state index in [-0.39, 0.29) is 5.91 Å². The molecule has 1 aliphatic heterocycles. The van der Waals surface area contributed by atoms with E-state index in [4.69, 9.17) is 11.6 Å². The SMILES string of the molecule is Cc1c(Cl)cccc1N=C1NC(=O)/C(=C\c2cc(C)n(-c3ccncc3)c2C)S1. The number of carbonyl (C=O) groups excluding carboxylic acids is 1. The minimum atomic E-state index is -0.151. The van der Waals surface area contributed by atoms with E-state index < -0.39 is 0 Å². The molecule has 2 aromatic heterocycles. The van der Waals surface area contributed by atoms with Gasteiger partial charge in [-0.1, -0.05) is 17.7 Å². The second-order valence-electron chi connectivity index (χ2n) is 6.73. The van der Waals surface area contributed by atoms with E-state index in [1.165, 1.54) is 11.8 Å². The van der Waals surface area contributed by atoms with Crippen LogP contribution in [0.4, 0.5) is 5.69 Å². The molecule has 3 aromatic rings. The molecule has 4 rings (SSSR count). The first kappa shape index (κ1) is 19.5. The molecule has 0 unspecified atom stereocenters. The number of halogens is 1. The van der Waals surface area contributed by atoms with Crippen molar-refractivity contribution in [3.05, 3.63) is 81.2 Å². The molecule has 0 bridgehead atoms. The third kappa shape index (κ3) is 3.86. The van der Waals surface area contributed by atoms with Crippen molar-refractivity contribution >= 4 is 46.2 Å². The molecule has 1 aromatic carbocycles. The maximum atomic E-state index is 12.5. The summed E-state index contributed by atoms with van der Waals surface area (Å²) in [5.41, 5.74) is 5.82. The van der Waals surface area contributed by atoms with Crippen LogP contribution in [0.3, 0.4) is 0 Å². The van der Waals surface area contributed by atoms with Crippen molar-refractivity contribution in [3.63, 3.8) is 0 Å². The van der Waals surface area contributed by atoms with Crippen molar-refractivity contribution in [1.82, 2.24) is 14.9 Å². The lowest BCUT2D eigenvalue weighted by molar-refractivity contribution is -0.115. The second-order valence-corrected chi connectivity index (χ2v) is 8.17. The second kappa shape index (κ2) is 7.89. The van der Waals surface area contributed by atoms with Gasteiger partial charge in [-0.25, -0.2) is 4.99 Å². The van der Waals surface area contributed by atoms with Gasteiger partial charge in [-0.15, -0.1) is 0 Å². The summed E-state index contributed by atoms with van der Waals surface area (Å²) in [6.07, 6.45) is 5.45. The van der Waals surface area contributed by atoms with Crippen LogP contribution < -0.4 is 5.32 Å². The van der Waals surface area contributed by atoms with Crippen LogP contribution in [0.2, 0.25) is 5.02 Å². The fourth-order valence-corrected chi connectivity index (χ4v) is 4.27. The highest BCUT2D eigenvalue weighted by Crippen LogP contribution is 2.32. The van der Waals surface area contributed by atoms with Gasteiger partial charge in [-0.2, -0.15) is 0 Å². The molecule has 7 heteroatoms. The van der Waals surface area contributed by atoms with E-state index in [0.29, 0.717) is 15.1 Å². The van der Waals surface area contributed by atoms with Crippen molar-refractivity contribution in [2.75, 3.05) is 0 Å². The van der Waals surface area contributed by atoms with Crippen molar-refractivity contribution in [1.29, 1.82) is 0 Å². The average Bonchev–Trinajstić information content (AvgIpc) is 3.18. The highest BCUT2D eigenvalue weighted by molar-refractivity contribution is 8.18. The van der Waals surface area contributed by atoms with E-state index >= 15 is 0 Å². The normalized spacial score (nSPS) is 16.6. The smallest absolute Gasteiger partial charge is 0.264 e. The molecular formula is C22H19ClN4OS. The van der Waals surface area contributed by atoms with Crippen molar-refractivity contribution < 1.29 is 4.79 Å². The zero-order chi connectivity index (χ0) is 20.5. The molecule has 3 heterocycles. The van der Waals surface area contributed by atoms with Crippen molar-refractivity contribution in [2.24, 2.45) is 4.99 Å². The molecule has 146 valence electrons. The number of hydrogen-bond acceptors (Lipinski definition) is 4. The lowest BCUT2D eigenvalue weighted by atomic mass is 10.2. The van der Waals surface area contributed by atoms with Gasteiger partial charge in [-0.3, -0.25) is 9.78 Å². The standard InChI is InChI=1S/C22H19ClN4OS/c1-13-11-16(15(3)27(13)17-7-9-24-10-8-17)12-20-21(28)26-22(29-20)25-19-6-4-5-18(23)14(19)2/h4-12H,1-3H3,(H,25,26,28)/b20-12+. The van der Waals surface area contributed by atoms with Gasteiger partial charge in [0.05, 0.1) is 10.6 Å². The first-order valence-electron chi connectivity index (χ1n) is 9.08. The van der Waals surface area contributed by atoms with Crippen molar-refractivity contribution in [2.45, 2.75) is 20.8 Å². The topological polar surface area (TPSA) is 59.3 Å². The maximum Gasteiger partial charge on any atom is 0.264 e. The summed E-state index contributed by atoms with van der Waals surface area (Å²) in [5.74, 6) is -0.151. The zero-order valence-electron chi connectivity index (χ0n) is 16.2. The number of amides is 1. The molecule has 1 N–H and O–H groups in total. The Morgan fingerprint density at radius 2 is 1.93 bits per heavy atom. The van der Waals surface area contributed by atoms with Gasteiger partial charge in [0.2, 0.25) is 0 Å². The van der Waals surface area contributed by atoms with E-state index in [1.807, 2.05) is 57.2 Å².